The van der Waals surface area contributed by atoms with Crippen LogP contribution in [-0.2, 0) is 11.2 Å². The highest BCUT2D eigenvalue weighted by atomic mass is 16.3. The van der Waals surface area contributed by atoms with Gasteiger partial charge in [0.2, 0.25) is 5.91 Å². The van der Waals surface area contributed by atoms with E-state index in [0.717, 1.165) is 57.7 Å². The third-order valence-electron chi connectivity index (χ3n) is 7.35. The number of hydrogen-bond donors (Lipinski definition) is 2. The van der Waals surface area contributed by atoms with E-state index in [-0.39, 0.29) is 24.5 Å². The number of rotatable bonds is 4. The molecule has 2 N–H and O–H groups in total. The van der Waals surface area contributed by atoms with Crippen molar-refractivity contribution in [1.29, 1.82) is 0 Å². The Balaban J connectivity index is 1.19. The quantitative estimate of drug-likeness (QED) is 0.757. The summed E-state index contributed by atoms with van der Waals surface area (Å²) >= 11 is 0. The van der Waals surface area contributed by atoms with Crippen molar-refractivity contribution in [3.8, 4) is 11.4 Å². The molecule has 3 fully saturated rings. The summed E-state index contributed by atoms with van der Waals surface area (Å²) in [5.74, 6) is 2.20. The van der Waals surface area contributed by atoms with Crippen molar-refractivity contribution in [2.75, 3.05) is 46.3 Å². The Labute approximate surface area is 183 Å². The number of aliphatic hydroxyl groups is 1. The molecule has 1 amide bonds. The number of carbonyl (C=O) groups excluding carboxylic acids is 1. The number of piperazine rings is 1. The smallest absolute Gasteiger partial charge is 0.230 e. The topological polar surface area (TPSA) is 88.6 Å². The molecule has 5 rings (SSSR count). The van der Waals surface area contributed by atoms with Crippen LogP contribution in [0.3, 0.4) is 0 Å². The van der Waals surface area contributed by atoms with Crippen LogP contribution in [0.2, 0.25) is 0 Å². The van der Waals surface area contributed by atoms with E-state index < -0.39 is 0 Å². The van der Waals surface area contributed by atoms with E-state index in [0.29, 0.717) is 23.5 Å². The Kier molecular flexibility index (Phi) is 5.77. The van der Waals surface area contributed by atoms with E-state index in [9.17, 15) is 9.90 Å². The zero-order valence-electron chi connectivity index (χ0n) is 18.2. The van der Waals surface area contributed by atoms with Crippen LogP contribution < -0.4 is 0 Å². The number of hydrogen-bond acceptors (Lipinski definition) is 6. The van der Waals surface area contributed by atoms with Crippen molar-refractivity contribution in [3.63, 3.8) is 0 Å². The monoisotopic (exact) mass is 424 g/mol. The molecule has 1 aromatic carbocycles. The maximum absolute atomic E-state index is 13.0. The van der Waals surface area contributed by atoms with Gasteiger partial charge in [0.1, 0.15) is 5.82 Å². The van der Waals surface area contributed by atoms with Gasteiger partial charge in [0.25, 0.3) is 0 Å². The van der Waals surface area contributed by atoms with E-state index in [1.165, 1.54) is 0 Å². The molecule has 166 valence electrons. The fourth-order valence-electron chi connectivity index (χ4n) is 5.50. The number of fused-ring (bicyclic) bond motifs is 1. The van der Waals surface area contributed by atoms with E-state index >= 15 is 0 Å². The number of benzene rings is 1. The summed E-state index contributed by atoms with van der Waals surface area (Å²) in [6, 6.07) is 10.0. The average Bonchev–Trinajstić information content (AvgIpc) is 3.41. The lowest BCUT2D eigenvalue weighted by Gasteiger charge is -2.44. The summed E-state index contributed by atoms with van der Waals surface area (Å²) < 4.78 is 0. The number of aromatic nitrogens is 3. The Hall–Kier alpha value is -2.29. The van der Waals surface area contributed by atoms with Crippen molar-refractivity contribution in [2.45, 2.75) is 31.4 Å². The van der Waals surface area contributed by atoms with Crippen molar-refractivity contribution >= 4 is 5.91 Å². The van der Waals surface area contributed by atoms with Crippen LogP contribution in [0, 0.1) is 11.8 Å². The van der Waals surface area contributed by atoms with Gasteiger partial charge in [-0.15, -0.1) is 0 Å². The number of aliphatic hydroxyl groups excluding tert-OH is 1. The van der Waals surface area contributed by atoms with Gasteiger partial charge in [0.15, 0.2) is 5.82 Å². The molecule has 8 nitrogen and oxygen atoms in total. The van der Waals surface area contributed by atoms with Gasteiger partial charge in [-0.25, -0.2) is 4.98 Å². The molecule has 0 unspecified atom stereocenters. The average molecular weight is 425 g/mol. The third kappa shape index (κ3) is 4.37. The normalized spacial score (nSPS) is 29.8. The SMILES string of the molecule is CN1CCN([C@@H]2C[C@@H]3CN(C(=O)Cc4nc(-c5ccccc5)n[nH]4)C[C@@H]3C[C@H]2O)CC1. The van der Waals surface area contributed by atoms with Gasteiger partial charge >= 0.3 is 0 Å². The van der Waals surface area contributed by atoms with Crippen LogP contribution in [0.25, 0.3) is 11.4 Å². The molecule has 8 heteroatoms. The van der Waals surface area contributed by atoms with Crippen LogP contribution >= 0.6 is 0 Å². The van der Waals surface area contributed by atoms with Crippen molar-refractivity contribution in [1.82, 2.24) is 29.9 Å². The summed E-state index contributed by atoms with van der Waals surface area (Å²) in [6.45, 7) is 5.70. The predicted octanol–water partition coefficient (Wildman–Crippen LogP) is 0.860. The Morgan fingerprint density at radius 3 is 2.55 bits per heavy atom. The largest absolute Gasteiger partial charge is 0.391 e. The van der Waals surface area contributed by atoms with Gasteiger partial charge in [-0.3, -0.25) is 14.8 Å². The van der Waals surface area contributed by atoms with Crippen molar-refractivity contribution in [3.05, 3.63) is 36.2 Å². The molecule has 0 radical (unpaired) electrons. The number of carbonyl (C=O) groups is 1. The summed E-state index contributed by atoms with van der Waals surface area (Å²) in [5, 5.41) is 18.0. The van der Waals surface area contributed by atoms with Gasteiger partial charge in [0, 0.05) is 50.9 Å². The van der Waals surface area contributed by atoms with Gasteiger partial charge in [-0.05, 0) is 31.7 Å². The first-order chi connectivity index (χ1) is 15.1. The Bertz CT molecular complexity index is 894. The molecule has 2 aliphatic heterocycles. The molecule has 1 saturated carbocycles. The molecule has 31 heavy (non-hydrogen) atoms. The Morgan fingerprint density at radius 1 is 1.10 bits per heavy atom. The molecular formula is C23H32N6O2. The lowest BCUT2D eigenvalue weighted by atomic mass is 9.77. The summed E-state index contributed by atoms with van der Waals surface area (Å²) in [7, 11) is 2.16. The van der Waals surface area contributed by atoms with Crippen molar-refractivity contribution in [2.24, 2.45) is 11.8 Å². The second-order valence-corrected chi connectivity index (χ2v) is 9.41. The molecule has 4 atom stereocenters. The van der Waals surface area contributed by atoms with Crippen LogP contribution in [0.4, 0.5) is 0 Å². The van der Waals surface area contributed by atoms with Crippen LogP contribution in [0.15, 0.2) is 30.3 Å². The zero-order valence-corrected chi connectivity index (χ0v) is 18.2. The maximum atomic E-state index is 13.0. The second kappa shape index (κ2) is 8.68. The number of likely N-dealkylation sites (N-methyl/N-ethyl adjacent to an activating group) is 1. The molecule has 1 aliphatic carbocycles. The molecule has 1 aromatic heterocycles. The maximum Gasteiger partial charge on any atom is 0.230 e. The first-order valence-electron chi connectivity index (χ1n) is 11.4. The number of aromatic amines is 1. The summed E-state index contributed by atoms with van der Waals surface area (Å²) in [6.07, 6.45) is 1.73. The molecule has 0 bridgehead atoms. The van der Waals surface area contributed by atoms with E-state index in [4.69, 9.17) is 0 Å². The van der Waals surface area contributed by atoms with Gasteiger partial charge in [0.05, 0.1) is 12.5 Å². The standard InChI is InChI=1S/C23H32N6O2/c1-27-7-9-28(10-8-27)19-11-17-14-29(15-18(17)12-20(19)30)22(31)13-21-24-23(26-25-21)16-5-3-2-4-6-16/h2-6,17-20,30H,7-15H2,1H3,(H,24,25,26)/t17-,18+,19-,20-/m1/s1. The van der Waals surface area contributed by atoms with Crippen LogP contribution in [0.5, 0.6) is 0 Å². The number of nitrogens with one attached hydrogen (secondary N) is 1. The highest BCUT2D eigenvalue weighted by Gasteiger charge is 2.44. The van der Waals surface area contributed by atoms with Crippen molar-refractivity contribution < 1.29 is 9.90 Å². The predicted molar refractivity (Wildman–Crippen MR) is 117 cm³/mol. The van der Waals surface area contributed by atoms with E-state index in [2.05, 4.69) is 32.0 Å². The van der Waals surface area contributed by atoms with Gasteiger partial charge in [-0.2, -0.15) is 5.10 Å². The highest BCUT2D eigenvalue weighted by Crippen LogP contribution is 2.38. The number of likely N-dealkylation sites (tertiary alicyclic amines) is 1. The lowest BCUT2D eigenvalue weighted by Crippen LogP contribution is -2.55. The number of nitrogens with zero attached hydrogens (tertiary/aromatic N) is 5. The molecule has 2 saturated heterocycles. The van der Waals surface area contributed by atoms with Gasteiger partial charge in [-0.1, -0.05) is 30.3 Å². The first-order valence-corrected chi connectivity index (χ1v) is 11.4. The third-order valence-corrected chi connectivity index (χ3v) is 7.35. The Morgan fingerprint density at radius 2 is 1.81 bits per heavy atom. The fraction of sp³-hybridized carbons (Fsp3) is 0.609. The number of amides is 1. The fourth-order valence-corrected chi connectivity index (χ4v) is 5.50. The lowest BCUT2D eigenvalue weighted by molar-refractivity contribution is -0.129. The molecule has 0 spiro atoms. The van der Waals surface area contributed by atoms with Gasteiger partial charge < -0.3 is 14.9 Å². The van der Waals surface area contributed by atoms with Crippen LogP contribution in [-0.4, -0.2) is 99.4 Å². The van der Waals surface area contributed by atoms with E-state index in [1.54, 1.807) is 0 Å². The number of H-pyrrole nitrogens is 1. The van der Waals surface area contributed by atoms with E-state index in [1.807, 2.05) is 35.2 Å². The molecule has 3 heterocycles. The summed E-state index contributed by atoms with van der Waals surface area (Å²) in [4.78, 5) is 24.3. The second-order valence-electron chi connectivity index (χ2n) is 9.41. The molecule has 3 aliphatic rings. The minimum absolute atomic E-state index is 0.0933. The minimum atomic E-state index is -0.289. The molecular weight excluding hydrogens is 392 g/mol. The molecule has 2 aromatic rings. The minimum Gasteiger partial charge on any atom is -0.391 e. The summed E-state index contributed by atoms with van der Waals surface area (Å²) in [5.41, 5.74) is 0.938. The highest BCUT2D eigenvalue weighted by molar-refractivity contribution is 5.78. The van der Waals surface area contributed by atoms with Crippen LogP contribution in [0.1, 0.15) is 18.7 Å². The zero-order chi connectivity index (χ0) is 21.4. The first kappa shape index (κ1) is 20.6.